The molecule has 2 atom stereocenters. The van der Waals surface area contributed by atoms with E-state index in [1.807, 2.05) is 22.9 Å². The molecule has 0 aliphatic heterocycles. The van der Waals surface area contributed by atoms with Crippen LogP contribution in [0.1, 0.15) is 23.6 Å². The summed E-state index contributed by atoms with van der Waals surface area (Å²) in [6.07, 6.45) is 7.10. The van der Waals surface area contributed by atoms with Crippen LogP contribution in [0, 0.1) is 5.92 Å². The number of carbonyl (C=O) groups excluding carboxylic acids is 1. The molecule has 0 N–H and O–H groups in total. The van der Waals surface area contributed by atoms with Crippen molar-refractivity contribution >= 4 is 28.9 Å². The first-order valence-corrected chi connectivity index (χ1v) is 7.81. The molecule has 106 valence electrons. The minimum atomic E-state index is -0.0786. The van der Waals surface area contributed by atoms with Crippen LogP contribution in [-0.4, -0.2) is 22.1 Å². The Morgan fingerprint density at radius 3 is 3.15 bits per heavy atom. The van der Waals surface area contributed by atoms with Gasteiger partial charge in [0, 0.05) is 29.7 Å². The zero-order chi connectivity index (χ0) is 13.9. The van der Waals surface area contributed by atoms with Gasteiger partial charge in [-0.3, -0.25) is 4.79 Å². The monoisotopic (exact) mass is 310 g/mol. The van der Waals surface area contributed by atoms with E-state index in [-0.39, 0.29) is 11.9 Å². The first-order valence-electron chi connectivity index (χ1n) is 6.61. The maximum Gasteiger partial charge on any atom is 0.309 e. The standard InChI is InChI=1S/C14H15ClN2O2S/c15-13-3-2-12(20-13)10-8-11(10)14(18)19-7-1-5-17-6-4-16-9-17/h2-4,6,9-11H,1,5,7-8H2/t10-,11-/m1/s1. The summed E-state index contributed by atoms with van der Waals surface area (Å²) in [5.41, 5.74) is 0. The number of esters is 1. The third-order valence-electron chi connectivity index (χ3n) is 3.42. The summed E-state index contributed by atoms with van der Waals surface area (Å²) in [5.74, 6) is 0.261. The summed E-state index contributed by atoms with van der Waals surface area (Å²) in [6.45, 7) is 1.29. The highest BCUT2D eigenvalue weighted by molar-refractivity contribution is 7.16. The lowest BCUT2D eigenvalue weighted by atomic mass is 10.3. The molecule has 0 spiro atoms. The Labute approximate surface area is 126 Å². The maximum atomic E-state index is 11.9. The van der Waals surface area contributed by atoms with Crippen LogP contribution in [0.25, 0.3) is 0 Å². The highest BCUT2D eigenvalue weighted by atomic mass is 35.5. The molecule has 3 rings (SSSR count). The van der Waals surface area contributed by atoms with E-state index in [0.717, 1.165) is 23.7 Å². The van der Waals surface area contributed by atoms with Crippen LogP contribution in [0.3, 0.4) is 0 Å². The smallest absolute Gasteiger partial charge is 0.309 e. The van der Waals surface area contributed by atoms with E-state index in [9.17, 15) is 4.79 Å². The van der Waals surface area contributed by atoms with Gasteiger partial charge < -0.3 is 9.30 Å². The number of hydrogen-bond donors (Lipinski definition) is 0. The van der Waals surface area contributed by atoms with Crippen molar-refractivity contribution in [2.75, 3.05) is 6.61 Å². The van der Waals surface area contributed by atoms with Crippen LogP contribution in [0.5, 0.6) is 0 Å². The molecule has 0 aromatic carbocycles. The van der Waals surface area contributed by atoms with Gasteiger partial charge in [0.05, 0.1) is 23.2 Å². The van der Waals surface area contributed by atoms with Gasteiger partial charge in [-0.05, 0) is 25.0 Å². The Morgan fingerprint density at radius 2 is 2.45 bits per heavy atom. The first kappa shape index (κ1) is 13.6. The van der Waals surface area contributed by atoms with Gasteiger partial charge in [0.15, 0.2) is 0 Å². The van der Waals surface area contributed by atoms with E-state index >= 15 is 0 Å². The minimum absolute atomic E-state index is 0.0259. The van der Waals surface area contributed by atoms with E-state index in [4.69, 9.17) is 16.3 Å². The van der Waals surface area contributed by atoms with E-state index in [1.54, 1.807) is 23.9 Å². The Morgan fingerprint density at radius 1 is 1.55 bits per heavy atom. The molecular formula is C14H15ClN2O2S. The second kappa shape index (κ2) is 5.97. The van der Waals surface area contributed by atoms with E-state index in [2.05, 4.69) is 4.98 Å². The SMILES string of the molecule is O=C(OCCCn1ccnc1)[C@@H]1C[C@H]1c1ccc(Cl)s1. The molecule has 1 fully saturated rings. The number of imidazole rings is 1. The molecule has 0 radical (unpaired) electrons. The van der Waals surface area contributed by atoms with Crippen LogP contribution >= 0.6 is 22.9 Å². The highest BCUT2D eigenvalue weighted by Crippen LogP contribution is 2.50. The van der Waals surface area contributed by atoms with Crippen LogP contribution in [0.4, 0.5) is 0 Å². The lowest BCUT2D eigenvalue weighted by Gasteiger charge is -2.04. The molecule has 0 saturated heterocycles. The second-order valence-corrected chi connectivity index (χ2v) is 6.66. The topological polar surface area (TPSA) is 44.1 Å². The summed E-state index contributed by atoms with van der Waals surface area (Å²) in [4.78, 5) is 17.0. The Bertz CT molecular complexity index is 582. The molecule has 0 bridgehead atoms. The van der Waals surface area contributed by atoms with Gasteiger partial charge in [-0.25, -0.2) is 4.98 Å². The van der Waals surface area contributed by atoms with Crippen molar-refractivity contribution in [3.05, 3.63) is 40.1 Å². The number of halogens is 1. The van der Waals surface area contributed by atoms with E-state index in [0.29, 0.717) is 12.5 Å². The number of hydrogen-bond acceptors (Lipinski definition) is 4. The molecule has 0 unspecified atom stereocenters. The Hall–Kier alpha value is -1.33. The number of nitrogens with zero attached hydrogens (tertiary/aromatic N) is 2. The highest BCUT2D eigenvalue weighted by Gasteiger charge is 2.45. The molecule has 1 aliphatic rings. The molecule has 6 heteroatoms. The molecule has 2 heterocycles. The van der Waals surface area contributed by atoms with Crippen molar-refractivity contribution in [1.29, 1.82) is 0 Å². The van der Waals surface area contributed by atoms with Crippen LogP contribution in [0.2, 0.25) is 4.34 Å². The molecule has 20 heavy (non-hydrogen) atoms. The summed E-state index contributed by atoms with van der Waals surface area (Å²) in [7, 11) is 0. The van der Waals surface area contributed by atoms with Gasteiger partial charge in [0.25, 0.3) is 0 Å². The predicted molar refractivity (Wildman–Crippen MR) is 78.0 cm³/mol. The molecular weight excluding hydrogens is 296 g/mol. The molecule has 4 nitrogen and oxygen atoms in total. The number of aromatic nitrogens is 2. The molecule has 1 saturated carbocycles. The number of aryl methyl sites for hydroxylation is 1. The van der Waals surface area contributed by atoms with E-state index in [1.165, 1.54) is 4.88 Å². The fraction of sp³-hybridized carbons (Fsp3) is 0.429. The summed E-state index contributed by atoms with van der Waals surface area (Å²) in [5, 5.41) is 0. The summed E-state index contributed by atoms with van der Waals surface area (Å²) < 4.78 is 8.07. The van der Waals surface area contributed by atoms with Gasteiger partial charge in [0.2, 0.25) is 0 Å². The third kappa shape index (κ3) is 3.22. The molecule has 2 aromatic heterocycles. The fourth-order valence-corrected chi connectivity index (χ4v) is 3.48. The quantitative estimate of drug-likeness (QED) is 0.607. The lowest BCUT2D eigenvalue weighted by Crippen LogP contribution is -2.10. The Kier molecular flexibility index (Phi) is 4.08. The van der Waals surface area contributed by atoms with Crippen molar-refractivity contribution in [2.45, 2.75) is 25.3 Å². The third-order valence-corrected chi connectivity index (χ3v) is 4.78. The average Bonchev–Trinajstić information content (AvgIpc) is 2.84. The normalized spacial score (nSPS) is 20.9. The largest absolute Gasteiger partial charge is 0.465 e. The number of rotatable bonds is 6. The zero-order valence-electron chi connectivity index (χ0n) is 10.9. The van der Waals surface area contributed by atoms with Gasteiger partial charge in [0.1, 0.15) is 0 Å². The van der Waals surface area contributed by atoms with Crippen LogP contribution in [-0.2, 0) is 16.1 Å². The van der Waals surface area contributed by atoms with Crippen LogP contribution in [0.15, 0.2) is 30.9 Å². The number of thiophene rings is 1. The van der Waals surface area contributed by atoms with Crippen molar-refractivity contribution < 1.29 is 9.53 Å². The summed E-state index contributed by atoms with van der Waals surface area (Å²) in [6, 6.07) is 3.89. The minimum Gasteiger partial charge on any atom is -0.465 e. The first-order chi connectivity index (χ1) is 9.74. The van der Waals surface area contributed by atoms with Crippen molar-refractivity contribution in [2.24, 2.45) is 5.92 Å². The molecule has 0 amide bonds. The summed E-state index contributed by atoms with van der Waals surface area (Å²) >= 11 is 7.46. The van der Waals surface area contributed by atoms with Crippen molar-refractivity contribution in [1.82, 2.24) is 9.55 Å². The average molecular weight is 311 g/mol. The van der Waals surface area contributed by atoms with E-state index < -0.39 is 0 Å². The van der Waals surface area contributed by atoms with Gasteiger partial charge in [-0.2, -0.15) is 0 Å². The zero-order valence-corrected chi connectivity index (χ0v) is 12.4. The predicted octanol–water partition coefficient (Wildman–Crippen LogP) is 3.34. The van der Waals surface area contributed by atoms with Gasteiger partial charge >= 0.3 is 5.97 Å². The van der Waals surface area contributed by atoms with Crippen LogP contribution < -0.4 is 0 Å². The van der Waals surface area contributed by atoms with Gasteiger partial charge in [-0.15, -0.1) is 11.3 Å². The lowest BCUT2D eigenvalue weighted by molar-refractivity contribution is -0.145. The Balaban J connectivity index is 1.38. The van der Waals surface area contributed by atoms with Crippen molar-refractivity contribution in [3.63, 3.8) is 0 Å². The fourth-order valence-electron chi connectivity index (χ4n) is 2.24. The maximum absolute atomic E-state index is 11.9. The second-order valence-electron chi connectivity index (χ2n) is 4.91. The number of ether oxygens (including phenoxy) is 1. The molecule has 2 aromatic rings. The number of carbonyl (C=O) groups is 1. The van der Waals surface area contributed by atoms with Crippen molar-refractivity contribution in [3.8, 4) is 0 Å². The molecule has 1 aliphatic carbocycles. The van der Waals surface area contributed by atoms with Gasteiger partial charge in [-0.1, -0.05) is 11.6 Å².